The average Bonchev–Trinajstić information content (AvgIpc) is 2.68. The summed E-state index contributed by atoms with van der Waals surface area (Å²) in [6, 6.07) is 3.21. The largest absolute Gasteiger partial charge is 0.480 e. The minimum Gasteiger partial charge on any atom is -0.480 e. The fourth-order valence-corrected chi connectivity index (χ4v) is 2.86. The Labute approximate surface area is 97.3 Å². The topological polar surface area (TPSA) is 66.4 Å². The number of carbonyl (C=O) groups is 2. The molecular weight excluding hydrogens is 226 g/mol. The molecule has 1 saturated heterocycles. The molecule has 2 heterocycles. The molecule has 2 N–H and O–H groups in total. The van der Waals surface area contributed by atoms with Crippen molar-refractivity contribution >= 4 is 23.2 Å². The van der Waals surface area contributed by atoms with E-state index >= 15 is 0 Å². The molecule has 1 aromatic rings. The number of amides is 1. The van der Waals surface area contributed by atoms with E-state index in [1.54, 1.807) is 11.3 Å². The third-order valence-electron chi connectivity index (χ3n) is 2.82. The number of carbonyl (C=O) groups excluding carboxylic acids is 1. The summed E-state index contributed by atoms with van der Waals surface area (Å²) in [6.07, 6.45) is 1.63. The van der Waals surface area contributed by atoms with Crippen LogP contribution < -0.4 is 5.32 Å². The van der Waals surface area contributed by atoms with Crippen molar-refractivity contribution in [2.75, 3.05) is 0 Å². The third-order valence-corrected chi connectivity index (χ3v) is 3.85. The fourth-order valence-electron chi connectivity index (χ4n) is 1.98. The van der Waals surface area contributed by atoms with Crippen LogP contribution in [0.1, 0.15) is 30.1 Å². The van der Waals surface area contributed by atoms with Gasteiger partial charge in [0.25, 0.3) is 0 Å². The quantitative estimate of drug-likeness (QED) is 0.823. The Bertz CT molecular complexity index is 388. The highest BCUT2D eigenvalue weighted by atomic mass is 32.1. The number of hydrogen-bond donors (Lipinski definition) is 2. The predicted molar refractivity (Wildman–Crippen MR) is 60.5 cm³/mol. The van der Waals surface area contributed by atoms with Crippen LogP contribution in [0.5, 0.6) is 0 Å². The van der Waals surface area contributed by atoms with E-state index in [1.807, 2.05) is 17.5 Å². The summed E-state index contributed by atoms with van der Waals surface area (Å²) in [5.74, 6) is -0.927. The maximum Gasteiger partial charge on any atom is 0.326 e. The highest BCUT2D eigenvalue weighted by Gasteiger charge is 2.29. The Morgan fingerprint density at radius 2 is 2.38 bits per heavy atom. The van der Waals surface area contributed by atoms with E-state index in [-0.39, 0.29) is 11.8 Å². The summed E-state index contributed by atoms with van der Waals surface area (Å²) >= 11 is 1.62. The number of aliphatic carboxylic acids is 1. The lowest BCUT2D eigenvalue weighted by Crippen LogP contribution is -2.39. The molecule has 0 aromatic carbocycles. The Morgan fingerprint density at radius 3 is 3.00 bits per heavy atom. The van der Waals surface area contributed by atoms with Crippen molar-refractivity contribution < 1.29 is 14.7 Å². The van der Waals surface area contributed by atoms with Crippen LogP contribution in [-0.4, -0.2) is 23.0 Å². The smallest absolute Gasteiger partial charge is 0.326 e. The van der Waals surface area contributed by atoms with Crippen molar-refractivity contribution in [3.05, 3.63) is 22.4 Å². The molecule has 1 amide bonds. The molecule has 0 radical (unpaired) electrons. The van der Waals surface area contributed by atoms with Crippen LogP contribution >= 0.6 is 11.3 Å². The Balaban J connectivity index is 2.15. The SMILES string of the molecule is O=C1CCC(c2cccs2)CC(C(=O)O)N1. The molecule has 0 aliphatic carbocycles. The van der Waals surface area contributed by atoms with Crippen LogP contribution in [0.4, 0.5) is 0 Å². The van der Waals surface area contributed by atoms with Gasteiger partial charge in [0.05, 0.1) is 0 Å². The van der Waals surface area contributed by atoms with E-state index in [9.17, 15) is 9.59 Å². The number of rotatable bonds is 2. The molecule has 2 atom stereocenters. The van der Waals surface area contributed by atoms with Gasteiger partial charge in [-0.05, 0) is 30.2 Å². The van der Waals surface area contributed by atoms with Crippen molar-refractivity contribution in [1.82, 2.24) is 5.32 Å². The molecule has 1 aliphatic rings. The number of thiophene rings is 1. The van der Waals surface area contributed by atoms with Crippen LogP contribution in [-0.2, 0) is 9.59 Å². The first-order chi connectivity index (χ1) is 7.66. The third kappa shape index (κ3) is 2.41. The van der Waals surface area contributed by atoms with E-state index in [2.05, 4.69) is 5.32 Å². The summed E-state index contributed by atoms with van der Waals surface area (Å²) < 4.78 is 0. The number of hydrogen-bond acceptors (Lipinski definition) is 3. The van der Waals surface area contributed by atoms with E-state index in [1.165, 1.54) is 4.88 Å². The lowest BCUT2D eigenvalue weighted by atomic mass is 9.95. The first kappa shape index (κ1) is 11.1. The molecule has 0 bridgehead atoms. The first-order valence-corrected chi connectivity index (χ1v) is 6.10. The van der Waals surface area contributed by atoms with Gasteiger partial charge in [0.15, 0.2) is 0 Å². The van der Waals surface area contributed by atoms with Crippen molar-refractivity contribution in [1.29, 1.82) is 0 Å². The van der Waals surface area contributed by atoms with E-state index in [0.717, 1.165) is 6.42 Å². The maximum absolute atomic E-state index is 11.3. The highest BCUT2D eigenvalue weighted by Crippen LogP contribution is 2.31. The van der Waals surface area contributed by atoms with E-state index in [0.29, 0.717) is 12.8 Å². The summed E-state index contributed by atoms with van der Waals surface area (Å²) in [5, 5.41) is 13.5. The van der Waals surface area contributed by atoms with Crippen LogP contribution in [0.15, 0.2) is 17.5 Å². The van der Waals surface area contributed by atoms with Gasteiger partial charge in [-0.15, -0.1) is 11.3 Å². The Hall–Kier alpha value is -1.36. The number of nitrogens with one attached hydrogen (secondary N) is 1. The summed E-state index contributed by atoms with van der Waals surface area (Å²) in [4.78, 5) is 23.5. The van der Waals surface area contributed by atoms with Gasteiger partial charge in [-0.1, -0.05) is 6.07 Å². The molecule has 0 spiro atoms. The minimum atomic E-state index is -0.947. The lowest BCUT2D eigenvalue weighted by Gasteiger charge is -2.15. The Kier molecular flexibility index (Phi) is 3.24. The van der Waals surface area contributed by atoms with Crippen LogP contribution in [0.2, 0.25) is 0 Å². The average molecular weight is 239 g/mol. The van der Waals surface area contributed by atoms with Gasteiger partial charge < -0.3 is 10.4 Å². The summed E-state index contributed by atoms with van der Waals surface area (Å²) in [5.41, 5.74) is 0. The van der Waals surface area contributed by atoms with Gasteiger partial charge in [-0.25, -0.2) is 4.79 Å². The van der Waals surface area contributed by atoms with Crippen molar-refractivity contribution in [3.63, 3.8) is 0 Å². The second-order valence-electron chi connectivity index (χ2n) is 3.95. The molecule has 86 valence electrons. The van der Waals surface area contributed by atoms with Crippen LogP contribution in [0, 0.1) is 0 Å². The zero-order valence-corrected chi connectivity index (χ0v) is 9.50. The number of carboxylic acids is 1. The number of carboxylic acid groups (broad SMARTS) is 1. The van der Waals surface area contributed by atoms with Crippen LogP contribution in [0.25, 0.3) is 0 Å². The molecule has 1 aliphatic heterocycles. The summed E-state index contributed by atoms with van der Waals surface area (Å²) in [6.45, 7) is 0. The molecule has 1 fully saturated rings. The first-order valence-electron chi connectivity index (χ1n) is 5.22. The molecule has 2 unspecified atom stereocenters. The molecule has 2 rings (SSSR count). The van der Waals surface area contributed by atoms with Crippen LogP contribution in [0.3, 0.4) is 0 Å². The molecule has 4 nitrogen and oxygen atoms in total. The zero-order chi connectivity index (χ0) is 11.5. The molecule has 0 saturated carbocycles. The van der Waals surface area contributed by atoms with Gasteiger partial charge >= 0.3 is 5.97 Å². The van der Waals surface area contributed by atoms with Gasteiger partial charge in [0.1, 0.15) is 6.04 Å². The monoisotopic (exact) mass is 239 g/mol. The maximum atomic E-state index is 11.3. The van der Waals surface area contributed by atoms with Crippen molar-refractivity contribution in [2.45, 2.75) is 31.2 Å². The second kappa shape index (κ2) is 4.65. The lowest BCUT2D eigenvalue weighted by molar-refractivity contribution is -0.141. The zero-order valence-electron chi connectivity index (χ0n) is 8.68. The summed E-state index contributed by atoms with van der Waals surface area (Å²) in [7, 11) is 0. The van der Waals surface area contributed by atoms with Gasteiger partial charge in [0.2, 0.25) is 5.91 Å². The minimum absolute atomic E-state index is 0.161. The standard InChI is InChI=1S/C11H13NO3S/c13-10-4-3-7(9-2-1-5-16-9)6-8(12-10)11(14)15/h1-2,5,7-8H,3-4,6H2,(H,12,13)(H,14,15). The van der Waals surface area contributed by atoms with Gasteiger partial charge in [-0.3, -0.25) is 4.79 Å². The highest BCUT2D eigenvalue weighted by molar-refractivity contribution is 7.10. The molecule has 1 aromatic heterocycles. The van der Waals surface area contributed by atoms with Crippen molar-refractivity contribution in [2.24, 2.45) is 0 Å². The molecular formula is C11H13NO3S. The van der Waals surface area contributed by atoms with Gasteiger partial charge in [-0.2, -0.15) is 0 Å². The predicted octanol–water partition coefficient (Wildman–Crippen LogP) is 1.58. The van der Waals surface area contributed by atoms with E-state index in [4.69, 9.17) is 5.11 Å². The van der Waals surface area contributed by atoms with Crippen molar-refractivity contribution in [3.8, 4) is 0 Å². The normalized spacial score (nSPS) is 25.9. The molecule has 5 heteroatoms. The molecule has 16 heavy (non-hydrogen) atoms. The fraction of sp³-hybridized carbons (Fsp3) is 0.455. The van der Waals surface area contributed by atoms with E-state index < -0.39 is 12.0 Å². The Morgan fingerprint density at radius 1 is 1.56 bits per heavy atom. The van der Waals surface area contributed by atoms with Gasteiger partial charge in [0, 0.05) is 11.3 Å². The second-order valence-corrected chi connectivity index (χ2v) is 4.92.